The molecule has 4 rings (SSSR count). The van der Waals surface area contributed by atoms with Crippen LogP contribution in [0.25, 0.3) is 22.2 Å². The van der Waals surface area contributed by atoms with Crippen LogP contribution in [-0.4, -0.2) is 22.3 Å². The highest BCUT2D eigenvalue weighted by molar-refractivity contribution is 5.80. The molecule has 0 spiro atoms. The smallest absolute Gasteiger partial charge is 0.220 e. The first-order valence-electron chi connectivity index (χ1n) is 8.05. The Morgan fingerprint density at radius 2 is 1.96 bits per heavy atom. The lowest BCUT2D eigenvalue weighted by atomic mass is 10.1. The van der Waals surface area contributed by atoms with Crippen molar-refractivity contribution < 1.29 is 13.6 Å². The van der Waals surface area contributed by atoms with Gasteiger partial charge in [0.15, 0.2) is 5.58 Å². The van der Waals surface area contributed by atoms with Crippen LogP contribution in [0.5, 0.6) is 0 Å². The fraction of sp³-hybridized carbons (Fsp3) is 0.263. The number of halogens is 1. The standard InChI is InChI=1S/C19H17FN2O2/c1-12(23)22-10-2-3-17(22)19-21-16-11-14(6-9-18(16)24-19)13-4-7-15(20)8-5-13/h4-9,11,17H,2-3,10H2,1H3. The summed E-state index contributed by atoms with van der Waals surface area (Å²) in [6.07, 6.45) is 1.83. The summed E-state index contributed by atoms with van der Waals surface area (Å²) in [7, 11) is 0. The summed E-state index contributed by atoms with van der Waals surface area (Å²) in [5.74, 6) is 0.384. The van der Waals surface area contributed by atoms with Crippen LogP contribution < -0.4 is 0 Å². The summed E-state index contributed by atoms with van der Waals surface area (Å²) in [6, 6.07) is 12.0. The van der Waals surface area contributed by atoms with Gasteiger partial charge in [-0.05, 0) is 48.2 Å². The van der Waals surface area contributed by atoms with Crippen LogP contribution in [0.4, 0.5) is 4.39 Å². The first-order chi connectivity index (χ1) is 11.6. The van der Waals surface area contributed by atoms with Crippen molar-refractivity contribution >= 4 is 17.0 Å². The summed E-state index contributed by atoms with van der Waals surface area (Å²) in [4.78, 5) is 18.1. The summed E-state index contributed by atoms with van der Waals surface area (Å²) >= 11 is 0. The molecule has 1 aromatic heterocycles. The quantitative estimate of drug-likeness (QED) is 0.705. The Morgan fingerprint density at radius 1 is 1.21 bits per heavy atom. The zero-order valence-corrected chi connectivity index (χ0v) is 13.3. The highest BCUT2D eigenvalue weighted by Crippen LogP contribution is 2.34. The van der Waals surface area contributed by atoms with E-state index in [1.54, 1.807) is 19.1 Å². The van der Waals surface area contributed by atoms with Crippen LogP contribution in [0.1, 0.15) is 31.7 Å². The van der Waals surface area contributed by atoms with E-state index >= 15 is 0 Å². The molecule has 1 amide bonds. The number of fused-ring (bicyclic) bond motifs is 1. The van der Waals surface area contributed by atoms with Gasteiger partial charge < -0.3 is 9.32 Å². The lowest BCUT2D eigenvalue weighted by molar-refractivity contribution is -0.130. The van der Waals surface area contributed by atoms with Crippen molar-refractivity contribution in [3.8, 4) is 11.1 Å². The molecule has 1 aliphatic rings. The number of aromatic nitrogens is 1. The molecule has 0 N–H and O–H groups in total. The molecule has 5 heteroatoms. The van der Waals surface area contributed by atoms with E-state index in [0.717, 1.165) is 36.0 Å². The van der Waals surface area contributed by atoms with E-state index < -0.39 is 0 Å². The number of carbonyl (C=O) groups is 1. The molecule has 2 heterocycles. The van der Waals surface area contributed by atoms with Crippen LogP contribution >= 0.6 is 0 Å². The van der Waals surface area contributed by atoms with Crippen LogP contribution in [0.2, 0.25) is 0 Å². The van der Waals surface area contributed by atoms with Crippen molar-refractivity contribution in [1.82, 2.24) is 9.88 Å². The van der Waals surface area contributed by atoms with Crippen LogP contribution in [0, 0.1) is 5.82 Å². The predicted molar refractivity (Wildman–Crippen MR) is 88.8 cm³/mol. The minimum absolute atomic E-state index is 0.0479. The Balaban J connectivity index is 1.71. The molecule has 122 valence electrons. The molecule has 1 atom stereocenters. The Kier molecular flexibility index (Phi) is 3.56. The van der Waals surface area contributed by atoms with E-state index in [0.29, 0.717) is 11.5 Å². The van der Waals surface area contributed by atoms with Gasteiger partial charge in [-0.3, -0.25) is 4.79 Å². The minimum Gasteiger partial charge on any atom is -0.438 e. The van der Waals surface area contributed by atoms with Crippen molar-refractivity contribution in [1.29, 1.82) is 0 Å². The van der Waals surface area contributed by atoms with Gasteiger partial charge in [0.25, 0.3) is 0 Å². The second kappa shape index (κ2) is 5.74. The van der Waals surface area contributed by atoms with E-state index in [1.807, 2.05) is 23.1 Å². The molecule has 0 bridgehead atoms. The van der Waals surface area contributed by atoms with Crippen molar-refractivity contribution in [2.45, 2.75) is 25.8 Å². The van der Waals surface area contributed by atoms with Gasteiger partial charge >= 0.3 is 0 Å². The van der Waals surface area contributed by atoms with Crippen LogP contribution in [0.3, 0.4) is 0 Å². The van der Waals surface area contributed by atoms with Crippen molar-refractivity contribution in [2.75, 3.05) is 6.54 Å². The maximum Gasteiger partial charge on any atom is 0.220 e. The average molecular weight is 324 g/mol. The fourth-order valence-corrected chi connectivity index (χ4v) is 3.31. The third-order valence-corrected chi connectivity index (χ3v) is 4.52. The number of nitrogens with zero attached hydrogens (tertiary/aromatic N) is 2. The number of carbonyl (C=O) groups excluding carboxylic acids is 1. The Morgan fingerprint density at radius 3 is 2.71 bits per heavy atom. The highest BCUT2D eigenvalue weighted by Gasteiger charge is 2.31. The zero-order valence-electron chi connectivity index (χ0n) is 13.3. The van der Waals surface area contributed by atoms with E-state index in [1.165, 1.54) is 12.1 Å². The van der Waals surface area contributed by atoms with Crippen LogP contribution in [-0.2, 0) is 4.79 Å². The summed E-state index contributed by atoms with van der Waals surface area (Å²) in [5, 5.41) is 0. The molecule has 4 nitrogen and oxygen atoms in total. The fourth-order valence-electron chi connectivity index (χ4n) is 3.31. The molecule has 1 unspecified atom stereocenters. The van der Waals surface area contributed by atoms with Crippen LogP contribution in [0.15, 0.2) is 46.9 Å². The van der Waals surface area contributed by atoms with Gasteiger partial charge in [-0.15, -0.1) is 0 Å². The number of hydrogen-bond donors (Lipinski definition) is 0. The van der Waals surface area contributed by atoms with E-state index in [4.69, 9.17) is 4.42 Å². The largest absolute Gasteiger partial charge is 0.438 e. The third-order valence-electron chi connectivity index (χ3n) is 4.52. The normalized spacial score (nSPS) is 17.6. The number of likely N-dealkylation sites (tertiary alicyclic amines) is 1. The van der Waals surface area contributed by atoms with Gasteiger partial charge in [-0.1, -0.05) is 18.2 Å². The van der Waals surface area contributed by atoms with Gasteiger partial charge in [0.1, 0.15) is 17.4 Å². The van der Waals surface area contributed by atoms with Crippen molar-refractivity contribution in [3.05, 3.63) is 54.2 Å². The predicted octanol–water partition coefficient (Wildman–Crippen LogP) is 4.32. The van der Waals surface area contributed by atoms with Crippen molar-refractivity contribution in [3.63, 3.8) is 0 Å². The number of oxazole rings is 1. The molecule has 2 aromatic carbocycles. The van der Waals surface area contributed by atoms with Gasteiger partial charge in [-0.25, -0.2) is 9.37 Å². The van der Waals surface area contributed by atoms with E-state index in [-0.39, 0.29) is 17.8 Å². The lowest BCUT2D eigenvalue weighted by Gasteiger charge is -2.19. The molecule has 0 radical (unpaired) electrons. The van der Waals surface area contributed by atoms with Gasteiger partial charge in [0, 0.05) is 13.5 Å². The topological polar surface area (TPSA) is 46.3 Å². The molecule has 0 saturated carbocycles. The molecule has 1 fully saturated rings. The molecule has 0 aliphatic carbocycles. The average Bonchev–Trinajstić information content (AvgIpc) is 3.21. The summed E-state index contributed by atoms with van der Waals surface area (Å²) < 4.78 is 19.0. The number of rotatable bonds is 2. The van der Waals surface area contributed by atoms with Gasteiger partial charge in [0.05, 0.1) is 0 Å². The SMILES string of the molecule is CC(=O)N1CCCC1c1nc2cc(-c3ccc(F)cc3)ccc2o1. The third kappa shape index (κ3) is 2.56. The maximum absolute atomic E-state index is 13.1. The molecule has 1 aliphatic heterocycles. The lowest BCUT2D eigenvalue weighted by Crippen LogP contribution is -2.28. The molecule has 1 saturated heterocycles. The van der Waals surface area contributed by atoms with E-state index in [9.17, 15) is 9.18 Å². The monoisotopic (exact) mass is 324 g/mol. The number of hydrogen-bond acceptors (Lipinski definition) is 3. The first-order valence-corrected chi connectivity index (χ1v) is 8.05. The zero-order chi connectivity index (χ0) is 16.7. The second-order valence-electron chi connectivity index (χ2n) is 6.11. The first kappa shape index (κ1) is 14.9. The second-order valence-corrected chi connectivity index (χ2v) is 6.11. The van der Waals surface area contributed by atoms with Gasteiger partial charge in [-0.2, -0.15) is 0 Å². The summed E-state index contributed by atoms with van der Waals surface area (Å²) in [6.45, 7) is 2.33. The Hall–Kier alpha value is -2.69. The molecule has 24 heavy (non-hydrogen) atoms. The van der Waals surface area contributed by atoms with E-state index in [2.05, 4.69) is 4.98 Å². The number of amides is 1. The molecule has 3 aromatic rings. The van der Waals surface area contributed by atoms with Gasteiger partial charge in [0.2, 0.25) is 11.8 Å². The molecular formula is C19H17FN2O2. The highest BCUT2D eigenvalue weighted by atomic mass is 19.1. The maximum atomic E-state index is 13.1. The number of benzene rings is 2. The van der Waals surface area contributed by atoms with Crippen molar-refractivity contribution in [2.24, 2.45) is 0 Å². The Labute approximate surface area is 138 Å². The Bertz CT molecular complexity index is 901. The molecular weight excluding hydrogens is 307 g/mol. The minimum atomic E-state index is -0.255. The summed E-state index contributed by atoms with van der Waals surface area (Å²) in [5.41, 5.74) is 3.33.